The molecule has 0 heterocycles. The van der Waals surface area contributed by atoms with Crippen molar-refractivity contribution in [3.05, 3.63) is 37.0 Å². The fourth-order valence-electron chi connectivity index (χ4n) is 1.09. The molecule has 0 bridgehead atoms. The van der Waals surface area contributed by atoms with Crippen LogP contribution in [0.3, 0.4) is 0 Å². The minimum Gasteiger partial charge on any atom is -0.198 e. The Morgan fingerprint density at radius 2 is 1.71 bits per heavy atom. The van der Waals surface area contributed by atoms with Crippen molar-refractivity contribution in [2.75, 3.05) is 0 Å². The second kappa shape index (κ2) is 11.7. The third-order valence-electron chi connectivity index (χ3n) is 1.85. The van der Waals surface area contributed by atoms with E-state index >= 15 is 0 Å². The van der Waals surface area contributed by atoms with Gasteiger partial charge >= 0.3 is 0 Å². The van der Waals surface area contributed by atoms with Crippen molar-refractivity contribution in [2.45, 2.75) is 38.5 Å². The lowest BCUT2D eigenvalue weighted by molar-refractivity contribution is 0.766. The predicted octanol–water partition coefficient (Wildman–Crippen LogP) is 4.15. The lowest BCUT2D eigenvalue weighted by Gasteiger charge is -1.90. The SMILES string of the molecule is C=C/C=C/CC/C=C/CCCCC#N. The predicted molar refractivity (Wildman–Crippen MR) is 61.8 cm³/mol. The molecule has 0 saturated carbocycles. The second-order valence-corrected chi connectivity index (χ2v) is 3.12. The van der Waals surface area contributed by atoms with Crippen molar-refractivity contribution in [1.82, 2.24) is 0 Å². The van der Waals surface area contributed by atoms with Crippen molar-refractivity contribution in [1.29, 1.82) is 5.26 Å². The number of hydrogen-bond donors (Lipinski definition) is 0. The third kappa shape index (κ3) is 10.7. The van der Waals surface area contributed by atoms with Crippen LogP contribution >= 0.6 is 0 Å². The van der Waals surface area contributed by atoms with Crippen LogP contribution in [0.1, 0.15) is 38.5 Å². The largest absolute Gasteiger partial charge is 0.198 e. The summed E-state index contributed by atoms with van der Waals surface area (Å²) in [6.07, 6.45) is 16.4. The zero-order chi connectivity index (χ0) is 10.5. The van der Waals surface area contributed by atoms with Crippen LogP contribution < -0.4 is 0 Å². The molecule has 1 heteroatoms. The molecule has 0 fully saturated rings. The Kier molecular flexibility index (Phi) is 10.6. The summed E-state index contributed by atoms with van der Waals surface area (Å²) in [5.74, 6) is 0. The summed E-state index contributed by atoms with van der Waals surface area (Å²) in [5, 5.41) is 8.31. The van der Waals surface area contributed by atoms with Crippen molar-refractivity contribution in [3.8, 4) is 6.07 Å². The Labute approximate surface area is 87.4 Å². The molecule has 14 heavy (non-hydrogen) atoms. The van der Waals surface area contributed by atoms with Crippen LogP contribution in [0.4, 0.5) is 0 Å². The van der Waals surface area contributed by atoms with E-state index in [0.717, 1.165) is 32.1 Å². The van der Waals surface area contributed by atoms with Gasteiger partial charge in [0, 0.05) is 6.42 Å². The molecule has 0 aliphatic rings. The quantitative estimate of drug-likeness (QED) is 0.319. The lowest BCUT2D eigenvalue weighted by Crippen LogP contribution is -1.72. The maximum Gasteiger partial charge on any atom is 0.0621 e. The highest BCUT2D eigenvalue weighted by atomic mass is 14.2. The molecule has 0 aliphatic heterocycles. The average molecular weight is 189 g/mol. The molecular formula is C13H19N. The molecule has 0 amide bonds. The molecule has 0 rings (SSSR count). The van der Waals surface area contributed by atoms with E-state index in [1.807, 2.05) is 6.08 Å². The first-order valence-corrected chi connectivity index (χ1v) is 5.21. The second-order valence-electron chi connectivity index (χ2n) is 3.12. The van der Waals surface area contributed by atoms with Crippen LogP contribution in [0.25, 0.3) is 0 Å². The Balaban J connectivity index is 3.16. The van der Waals surface area contributed by atoms with E-state index in [9.17, 15) is 0 Å². The van der Waals surface area contributed by atoms with Gasteiger partial charge in [-0.3, -0.25) is 0 Å². The molecule has 0 aromatic heterocycles. The van der Waals surface area contributed by atoms with E-state index in [0.29, 0.717) is 6.42 Å². The van der Waals surface area contributed by atoms with Gasteiger partial charge in [-0.2, -0.15) is 5.26 Å². The van der Waals surface area contributed by atoms with Gasteiger partial charge in [0.1, 0.15) is 0 Å². The lowest BCUT2D eigenvalue weighted by atomic mass is 10.2. The van der Waals surface area contributed by atoms with Crippen molar-refractivity contribution in [2.24, 2.45) is 0 Å². The summed E-state index contributed by atoms with van der Waals surface area (Å²) < 4.78 is 0. The smallest absolute Gasteiger partial charge is 0.0621 e. The number of nitriles is 1. The van der Waals surface area contributed by atoms with E-state index in [-0.39, 0.29) is 0 Å². The zero-order valence-corrected chi connectivity index (χ0v) is 8.78. The molecule has 0 N–H and O–H groups in total. The summed E-state index contributed by atoms with van der Waals surface area (Å²) in [4.78, 5) is 0. The van der Waals surface area contributed by atoms with E-state index in [2.05, 4.69) is 30.9 Å². The molecule has 0 unspecified atom stereocenters. The third-order valence-corrected chi connectivity index (χ3v) is 1.85. The summed E-state index contributed by atoms with van der Waals surface area (Å²) in [5.41, 5.74) is 0. The van der Waals surface area contributed by atoms with E-state index in [4.69, 9.17) is 5.26 Å². The monoisotopic (exact) mass is 189 g/mol. The fourth-order valence-corrected chi connectivity index (χ4v) is 1.09. The van der Waals surface area contributed by atoms with Gasteiger partial charge in [0.25, 0.3) is 0 Å². The van der Waals surface area contributed by atoms with Crippen LogP contribution in [0.15, 0.2) is 37.0 Å². The van der Waals surface area contributed by atoms with Gasteiger partial charge in [0.15, 0.2) is 0 Å². The maximum absolute atomic E-state index is 8.31. The molecule has 0 aliphatic carbocycles. The molecule has 0 atom stereocenters. The van der Waals surface area contributed by atoms with Gasteiger partial charge in [-0.1, -0.05) is 37.0 Å². The van der Waals surface area contributed by atoms with Crippen LogP contribution in [-0.4, -0.2) is 0 Å². The first-order chi connectivity index (χ1) is 6.91. The highest BCUT2D eigenvalue weighted by molar-refractivity contribution is 4.98. The molecule has 0 spiro atoms. The van der Waals surface area contributed by atoms with Crippen LogP contribution in [0.2, 0.25) is 0 Å². The fraction of sp³-hybridized carbons (Fsp3) is 0.462. The van der Waals surface area contributed by atoms with E-state index in [1.54, 1.807) is 6.08 Å². The summed E-state index contributed by atoms with van der Waals surface area (Å²) in [6.45, 7) is 3.61. The standard InChI is InChI=1S/C13H19N/c1-2-3-4-5-6-7-8-9-10-11-12-13-14/h2-4,7-8H,1,5-6,9-12H2/b4-3+,8-7+. The van der Waals surface area contributed by atoms with Crippen molar-refractivity contribution in [3.63, 3.8) is 0 Å². The topological polar surface area (TPSA) is 23.8 Å². The van der Waals surface area contributed by atoms with Gasteiger partial charge < -0.3 is 0 Å². The van der Waals surface area contributed by atoms with Gasteiger partial charge in [0.05, 0.1) is 6.07 Å². The number of unbranched alkanes of at least 4 members (excludes halogenated alkanes) is 4. The molecule has 76 valence electrons. The van der Waals surface area contributed by atoms with Crippen molar-refractivity contribution < 1.29 is 0 Å². The Hall–Kier alpha value is -1.29. The molecular weight excluding hydrogens is 170 g/mol. The average Bonchev–Trinajstić information content (AvgIpc) is 2.21. The van der Waals surface area contributed by atoms with Gasteiger partial charge in [0.2, 0.25) is 0 Å². The Morgan fingerprint density at radius 1 is 1.00 bits per heavy atom. The minimum absolute atomic E-state index is 0.690. The van der Waals surface area contributed by atoms with Crippen LogP contribution in [-0.2, 0) is 0 Å². The summed E-state index contributed by atoms with van der Waals surface area (Å²) >= 11 is 0. The number of nitrogens with zero attached hydrogens (tertiary/aromatic N) is 1. The van der Waals surface area contributed by atoms with Crippen LogP contribution in [0, 0.1) is 11.3 Å². The van der Waals surface area contributed by atoms with E-state index < -0.39 is 0 Å². The zero-order valence-electron chi connectivity index (χ0n) is 8.78. The summed E-state index contributed by atoms with van der Waals surface area (Å²) in [6, 6.07) is 2.15. The summed E-state index contributed by atoms with van der Waals surface area (Å²) in [7, 11) is 0. The molecule has 0 aromatic rings. The van der Waals surface area contributed by atoms with Gasteiger partial charge in [-0.15, -0.1) is 0 Å². The highest BCUT2D eigenvalue weighted by Gasteiger charge is 1.83. The molecule has 0 radical (unpaired) electrons. The molecule has 1 nitrogen and oxygen atoms in total. The Morgan fingerprint density at radius 3 is 2.43 bits per heavy atom. The number of allylic oxidation sites excluding steroid dienone is 5. The Bertz CT molecular complexity index is 218. The molecule has 0 saturated heterocycles. The minimum atomic E-state index is 0.690. The van der Waals surface area contributed by atoms with E-state index in [1.165, 1.54) is 0 Å². The first kappa shape index (κ1) is 12.7. The van der Waals surface area contributed by atoms with Crippen LogP contribution in [0.5, 0.6) is 0 Å². The van der Waals surface area contributed by atoms with Gasteiger partial charge in [-0.05, 0) is 32.1 Å². The van der Waals surface area contributed by atoms with Gasteiger partial charge in [-0.25, -0.2) is 0 Å². The number of rotatable bonds is 8. The number of hydrogen-bond acceptors (Lipinski definition) is 1. The maximum atomic E-state index is 8.31. The molecule has 0 aromatic carbocycles. The highest BCUT2D eigenvalue weighted by Crippen LogP contribution is 2.01. The van der Waals surface area contributed by atoms with Crippen molar-refractivity contribution >= 4 is 0 Å². The normalized spacial score (nSPS) is 10.8. The first-order valence-electron chi connectivity index (χ1n) is 5.21.